The number of ether oxygens (including phenoxy) is 1. The molecule has 0 bridgehead atoms. The van der Waals surface area contributed by atoms with E-state index in [2.05, 4.69) is 62.5 Å². The highest BCUT2D eigenvalue weighted by Gasteiger charge is 2.17. The molecule has 1 N–H and O–H groups in total. The van der Waals surface area contributed by atoms with Crippen LogP contribution in [0.15, 0.2) is 77.7 Å². The van der Waals surface area contributed by atoms with Gasteiger partial charge in [-0.25, -0.2) is 0 Å². The Morgan fingerprint density at radius 3 is 2.29 bits per heavy atom. The molecule has 162 valence electrons. The zero-order valence-corrected chi connectivity index (χ0v) is 19.8. The molecule has 0 saturated heterocycles. The maximum absolute atomic E-state index is 12.7. The van der Waals surface area contributed by atoms with Gasteiger partial charge in [0.1, 0.15) is 5.75 Å². The van der Waals surface area contributed by atoms with Crippen LogP contribution in [-0.4, -0.2) is 12.0 Å². The first-order valence-corrected chi connectivity index (χ1v) is 11.6. The molecule has 3 rings (SSSR count). The van der Waals surface area contributed by atoms with E-state index < -0.39 is 6.10 Å². The fourth-order valence-corrected chi connectivity index (χ4v) is 4.03. The molecule has 0 aliphatic rings. The summed E-state index contributed by atoms with van der Waals surface area (Å²) in [5, 5.41) is 3.00. The number of aryl methyl sites for hydroxylation is 1. The molecule has 0 aromatic heterocycles. The fraction of sp³-hybridized carbons (Fsp3) is 0.296. The van der Waals surface area contributed by atoms with Crippen LogP contribution in [0.5, 0.6) is 5.75 Å². The molecule has 0 radical (unpaired) electrons. The van der Waals surface area contributed by atoms with Crippen molar-refractivity contribution in [3.63, 3.8) is 0 Å². The Labute approximate surface area is 190 Å². The van der Waals surface area contributed by atoms with Crippen LogP contribution in [-0.2, 0) is 16.0 Å². The molecule has 0 spiro atoms. The van der Waals surface area contributed by atoms with Crippen molar-refractivity contribution in [1.29, 1.82) is 0 Å². The summed E-state index contributed by atoms with van der Waals surface area (Å²) in [6.45, 7) is 10.3. The van der Waals surface area contributed by atoms with Crippen molar-refractivity contribution in [2.45, 2.75) is 56.8 Å². The SMILES string of the molecule is Cc1cc(CSc2ccccc2)ccc1NC(=O)[C@H](C)Oc1ccc(C(C)(C)C)cc1. The second kappa shape index (κ2) is 10.1. The van der Waals surface area contributed by atoms with Crippen LogP contribution < -0.4 is 10.1 Å². The van der Waals surface area contributed by atoms with Gasteiger partial charge in [0.25, 0.3) is 5.91 Å². The Kier molecular flexibility index (Phi) is 7.45. The predicted octanol–water partition coefficient (Wildman–Crippen LogP) is 6.99. The highest BCUT2D eigenvalue weighted by Crippen LogP contribution is 2.26. The van der Waals surface area contributed by atoms with Crippen molar-refractivity contribution >= 4 is 23.4 Å². The van der Waals surface area contributed by atoms with Crippen LogP contribution in [0.3, 0.4) is 0 Å². The molecule has 0 heterocycles. The van der Waals surface area contributed by atoms with E-state index in [0.29, 0.717) is 5.75 Å². The van der Waals surface area contributed by atoms with Gasteiger partial charge in [-0.1, -0.05) is 63.2 Å². The van der Waals surface area contributed by atoms with Gasteiger partial charge in [-0.05, 0) is 66.3 Å². The quantitative estimate of drug-likeness (QED) is 0.408. The molecule has 3 aromatic rings. The Morgan fingerprint density at radius 2 is 1.68 bits per heavy atom. The van der Waals surface area contributed by atoms with Crippen LogP contribution in [0.4, 0.5) is 5.69 Å². The van der Waals surface area contributed by atoms with Crippen LogP contribution in [0.25, 0.3) is 0 Å². The summed E-state index contributed by atoms with van der Waals surface area (Å²) in [5.74, 6) is 1.43. The number of nitrogens with one attached hydrogen (secondary N) is 1. The van der Waals surface area contributed by atoms with Crippen molar-refractivity contribution in [2.24, 2.45) is 0 Å². The number of rotatable bonds is 7. The normalized spacial score (nSPS) is 12.3. The lowest BCUT2D eigenvalue weighted by Gasteiger charge is -2.20. The molecular formula is C27H31NO2S. The minimum atomic E-state index is -0.590. The fourth-order valence-electron chi connectivity index (χ4n) is 3.16. The average molecular weight is 434 g/mol. The second-order valence-corrected chi connectivity index (χ2v) is 9.82. The molecule has 31 heavy (non-hydrogen) atoms. The lowest BCUT2D eigenvalue weighted by Crippen LogP contribution is -2.30. The molecule has 0 aliphatic heterocycles. The third-order valence-electron chi connectivity index (χ3n) is 5.10. The lowest BCUT2D eigenvalue weighted by molar-refractivity contribution is -0.122. The maximum Gasteiger partial charge on any atom is 0.265 e. The molecular weight excluding hydrogens is 402 g/mol. The van der Waals surface area contributed by atoms with Gasteiger partial charge in [0, 0.05) is 16.3 Å². The van der Waals surface area contributed by atoms with Gasteiger partial charge in [-0.3, -0.25) is 4.79 Å². The largest absolute Gasteiger partial charge is 0.481 e. The molecule has 3 aromatic carbocycles. The summed E-state index contributed by atoms with van der Waals surface area (Å²) in [5.41, 5.74) is 4.41. The van der Waals surface area contributed by atoms with Gasteiger partial charge in [0.2, 0.25) is 0 Å². The third-order valence-corrected chi connectivity index (χ3v) is 6.18. The molecule has 1 amide bonds. The van der Waals surface area contributed by atoms with Gasteiger partial charge < -0.3 is 10.1 Å². The topological polar surface area (TPSA) is 38.3 Å². The Bertz CT molecular complexity index is 1010. The second-order valence-electron chi connectivity index (χ2n) is 8.77. The van der Waals surface area contributed by atoms with E-state index in [1.54, 1.807) is 18.7 Å². The van der Waals surface area contributed by atoms with Gasteiger partial charge in [-0.2, -0.15) is 0 Å². The summed E-state index contributed by atoms with van der Waals surface area (Å²) < 4.78 is 5.85. The minimum absolute atomic E-state index is 0.0881. The first kappa shape index (κ1) is 23.0. The average Bonchev–Trinajstić information content (AvgIpc) is 2.74. The van der Waals surface area contributed by atoms with Gasteiger partial charge in [0.15, 0.2) is 6.10 Å². The molecule has 4 heteroatoms. The third kappa shape index (κ3) is 6.63. The summed E-state index contributed by atoms with van der Waals surface area (Å²) in [7, 11) is 0. The standard InChI is InChI=1S/C27H31NO2S/c1-19-17-21(18-31-24-9-7-6-8-10-24)11-16-25(19)28-26(29)20(2)30-23-14-12-22(13-15-23)27(3,4)5/h6-17,20H,18H2,1-5H3,(H,28,29)/t20-/m0/s1. The molecule has 1 atom stereocenters. The van der Waals surface area contributed by atoms with Crippen molar-refractivity contribution < 1.29 is 9.53 Å². The van der Waals surface area contributed by atoms with Crippen molar-refractivity contribution in [1.82, 2.24) is 0 Å². The minimum Gasteiger partial charge on any atom is -0.481 e. The summed E-state index contributed by atoms with van der Waals surface area (Å²) in [6.07, 6.45) is -0.590. The maximum atomic E-state index is 12.7. The Balaban J connectivity index is 1.56. The van der Waals surface area contributed by atoms with Gasteiger partial charge >= 0.3 is 0 Å². The van der Waals surface area contributed by atoms with Crippen molar-refractivity contribution in [2.75, 3.05) is 5.32 Å². The Morgan fingerprint density at radius 1 is 1.00 bits per heavy atom. The summed E-state index contributed by atoms with van der Waals surface area (Å²) in [6, 6.07) is 24.5. The highest BCUT2D eigenvalue weighted by atomic mass is 32.2. The number of hydrogen-bond donors (Lipinski definition) is 1. The first-order chi connectivity index (χ1) is 14.7. The van der Waals surface area contributed by atoms with Crippen LogP contribution in [0.2, 0.25) is 0 Å². The number of thioether (sulfide) groups is 1. The zero-order chi connectivity index (χ0) is 22.4. The molecule has 0 unspecified atom stereocenters. The smallest absolute Gasteiger partial charge is 0.265 e. The summed E-state index contributed by atoms with van der Waals surface area (Å²) in [4.78, 5) is 13.9. The van der Waals surface area contributed by atoms with E-state index in [4.69, 9.17) is 4.74 Å². The van der Waals surface area contributed by atoms with E-state index in [1.807, 2.05) is 43.3 Å². The van der Waals surface area contributed by atoms with Crippen LogP contribution in [0.1, 0.15) is 44.4 Å². The van der Waals surface area contributed by atoms with Gasteiger partial charge in [0.05, 0.1) is 0 Å². The monoisotopic (exact) mass is 433 g/mol. The number of carbonyl (C=O) groups is 1. The van der Waals surface area contributed by atoms with E-state index in [-0.39, 0.29) is 11.3 Å². The van der Waals surface area contributed by atoms with E-state index >= 15 is 0 Å². The number of anilines is 1. The molecule has 0 saturated carbocycles. The number of carbonyl (C=O) groups excluding carboxylic acids is 1. The van der Waals surface area contributed by atoms with Crippen LogP contribution >= 0.6 is 11.8 Å². The number of amides is 1. The lowest BCUT2D eigenvalue weighted by atomic mass is 9.87. The number of benzene rings is 3. The zero-order valence-electron chi connectivity index (χ0n) is 18.9. The van der Waals surface area contributed by atoms with Crippen molar-refractivity contribution in [3.05, 3.63) is 89.5 Å². The van der Waals surface area contributed by atoms with Crippen molar-refractivity contribution in [3.8, 4) is 5.75 Å². The highest BCUT2D eigenvalue weighted by molar-refractivity contribution is 7.98. The van der Waals surface area contributed by atoms with E-state index in [0.717, 1.165) is 17.0 Å². The first-order valence-electron chi connectivity index (χ1n) is 10.6. The van der Waals surface area contributed by atoms with Crippen LogP contribution in [0, 0.1) is 6.92 Å². The van der Waals surface area contributed by atoms with Gasteiger partial charge in [-0.15, -0.1) is 11.8 Å². The van der Waals surface area contributed by atoms with E-state index in [9.17, 15) is 4.79 Å². The summed E-state index contributed by atoms with van der Waals surface area (Å²) >= 11 is 1.80. The number of hydrogen-bond acceptors (Lipinski definition) is 3. The molecule has 3 nitrogen and oxygen atoms in total. The Hall–Kier alpha value is -2.72. The molecule has 0 aliphatic carbocycles. The predicted molar refractivity (Wildman–Crippen MR) is 131 cm³/mol. The van der Waals surface area contributed by atoms with E-state index in [1.165, 1.54) is 16.0 Å². The molecule has 0 fully saturated rings.